The number of ether oxygens (including phenoxy) is 1. The Morgan fingerprint density at radius 2 is 1.80 bits per heavy atom. The number of hydrogen-bond acceptors (Lipinski definition) is 3. The number of fused-ring (bicyclic) bond motifs is 1. The first-order valence-corrected chi connectivity index (χ1v) is 12.3. The molecule has 1 amide bonds. The summed E-state index contributed by atoms with van der Waals surface area (Å²) < 4.78 is 18.6. The van der Waals surface area contributed by atoms with Crippen molar-refractivity contribution in [3.8, 4) is 0 Å². The molecular formula is C23H25Cl2NO3S. The molecule has 0 bridgehead atoms. The summed E-state index contributed by atoms with van der Waals surface area (Å²) in [4.78, 5) is 15.8. The van der Waals surface area contributed by atoms with Gasteiger partial charge in [0.2, 0.25) is 5.91 Å². The average Bonchev–Trinajstić information content (AvgIpc) is 3.08. The molecule has 0 saturated carbocycles. The van der Waals surface area contributed by atoms with Crippen LogP contribution < -0.4 is 0 Å². The van der Waals surface area contributed by atoms with Gasteiger partial charge in [-0.15, -0.1) is 0 Å². The summed E-state index contributed by atoms with van der Waals surface area (Å²) in [6.45, 7) is 3.98. The molecule has 1 saturated heterocycles. The summed E-state index contributed by atoms with van der Waals surface area (Å²) in [5.41, 5.74) is 2.75. The second kappa shape index (κ2) is 9.39. The van der Waals surface area contributed by atoms with Crippen LogP contribution in [-0.2, 0) is 33.3 Å². The van der Waals surface area contributed by atoms with Gasteiger partial charge in [-0.25, -0.2) is 0 Å². The van der Waals surface area contributed by atoms with Gasteiger partial charge in [0.05, 0.1) is 23.3 Å². The van der Waals surface area contributed by atoms with E-state index in [9.17, 15) is 9.00 Å². The highest BCUT2D eigenvalue weighted by Crippen LogP contribution is 2.38. The number of halogens is 2. The predicted molar refractivity (Wildman–Crippen MR) is 120 cm³/mol. The van der Waals surface area contributed by atoms with Crippen LogP contribution in [-0.4, -0.2) is 34.0 Å². The fourth-order valence-corrected chi connectivity index (χ4v) is 6.47. The van der Waals surface area contributed by atoms with Crippen molar-refractivity contribution in [2.24, 2.45) is 5.92 Å². The van der Waals surface area contributed by atoms with Crippen molar-refractivity contribution in [1.29, 1.82) is 0 Å². The van der Waals surface area contributed by atoms with Gasteiger partial charge in [0.25, 0.3) is 0 Å². The van der Waals surface area contributed by atoms with Gasteiger partial charge in [0.15, 0.2) is 0 Å². The molecule has 2 aliphatic rings. The molecule has 0 aromatic heterocycles. The average molecular weight is 466 g/mol. The lowest BCUT2D eigenvalue weighted by Crippen LogP contribution is -2.29. The van der Waals surface area contributed by atoms with Crippen molar-refractivity contribution in [3.05, 3.63) is 63.1 Å². The van der Waals surface area contributed by atoms with Gasteiger partial charge in [-0.2, -0.15) is 0 Å². The lowest BCUT2D eigenvalue weighted by Gasteiger charge is -2.22. The third kappa shape index (κ3) is 4.45. The van der Waals surface area contributed by atoms with Crippen molar-refractivity contribution in [1.82, 2.24) is 4.90 Å². The summed E-state index contributed by atoms with van der Waals surface area (Å²) in [5.74, 6) is 1.04. The van der Waals surface area contributed by atoms with Crippen LogP contribution in [0.5, 0.6) is 0 Å². The maximum atomic E-state index is 13.2. The molecule has 4 nitrogen and oxygen atoms in total. The van der Waals surface area contributed by atoms with E-state index in [-0.39, 0.29) is 18.4 Å². The topological polar surface area (TPSA) is 46.6 Å². The minimum atomic E-state index is -1.09. The molecule has 4 rings (SSSR count). The molecule has 2 heterocycles. The zero-order valence-electron chi connectivity index (χ0n) is 16.9. The lowest BCUT2D eigenvalue weighted by atomic mass is 10.0. The highest BCUT2D eigenvalue weighted by Gasteiger charge is 2.33. The molecule has 2 atom stereocenters. The van der Waals surface area contributed by atoms with Crippen LogP contribution in [0.1, 0.15) is 42.5 Å². The van der Waals surface area contributed by atoms with Crippen LogP contribution in [0.2, 0.25) is 10.0 Å². The van der Waals surface area contributed by atoms with E-state index in [0.717, 1.165) is 42.1 Å². The summed E-state index contributed by atoms with van der Waals surface area (Å²) in [6.07, 6.45) is 2.07. The molecule has 160 valence electrons. The van der Waals surface area contributed by atoms with Crippen LogP contribution in [0.15, 0.2) is 41.3 Å². The minimum Gasteiger partial charge on any atom is -0.381 e. The van der Waals surface area contributed by atoms with E-state index >= 15 is 0 Å². The van der Waals surface area contributed by atoms with E-state index in [2.05, 4.69) is 0 Å². The SMILES string of the molecule is CC1c2cccc(S(=O)CC3CCOCC3)c2CN1C(=O)Cc1c(Cl)cccc1Cl. The van der Waals surface area contributed by atoms with Crippen molar-refractivity contribution in [2.75, 3.05) is 19.0 Å². The normalized spacial score (nSPS) is 20.2. The molecule has 0 radical (unpaired) electrons. The Morgan fingerprint density at radius 1 is 1.13 bits per heavy atom. The Labute approximate surface area is 190 Å². The minimum absolute atomic E-state index is 0.0325. The molecule has 0 aliphatic carbocycles. The van der Waals surface area contributed by atoms with Crippen molar-refractivity contribution >= 4 is 39.9 Å². The first-order chi connectivity index (χ1) is 14.5. The van der Waals surface area contributed by atoms with Crippen molar-refractivity contribution in [2.45, 2.75) is 43.7 Å². The lowest BCUT2D eigenvalue weighted by molar-refractivity contribution is -0.132. The molecule has 1 fully saturated rings. The van der Waals surface area contributed by atoms with Gasteiger partial charge in [-0.3, -0.25) is 9.00 Å². The van der Waals surface area contributed by atoms with Gasteiger partial charge in [-0.1, -0.05) is 41.4 Å². The van der Waals surface area contributed by atoms with Crippen LogP contribution >= 0.6 is 23.2 Å². The molecule has 7 heteroatoms. The zero-order chi connectivity index (χ0) is 21.3. The van der Waals surface area contributed by atoms with E-state index in [1.165, 1.54) is 0 Å². The molecule has 0 spiro atoms. The predicted octanol–water partition coefficient (Wildman–Crippen LogP) is 5.17. The number of benzene rings is 2. The van der Waals surface area contributed by atoms with Gasteiger partial charge in [0.1, 0.15) is 0 Å². The maximum absolute atomic E-state index is 13.2. The van der Waals surface area contributed by atoms with E-state index in [0.29, 0.717) is 33.8 Å². The van der Waals surface area contributed by atoms with E-state index in [4.69, 9.17) is 27.9 Å². The molecule has 2 unspecified atom stereocenters. The van der Waals surface area contributed by atoms with Crippen molar-refractivity contribution in [3.63, 3.8) is 0 Å². The molecule has 2 aromatic rings. The summed E-state index contributed by atoms with van der Waals surface area (Å²) in [5, 5.41) is 0.997. The maximum Gasteiger partial charge on any atom is 0.227 e. The van der Waals surface area contributed by atoms with E-state index < -0.39 is 10.8 Å². The number of amides is 1. The molecule has 2 aromatic carbocycles. The van der Waals surface area contributed by atoms with Gasteiger partial charge in [-0.05, 0) is 60.6 Å². The first-order valence-electron chi connectivity index (χ1n) is 10.3. The van der Waals surface area contributed by atoms with Gasteiger partial charge < -0.3 is 9.64 Å². The quantitative estimate of drug-likeness (QED) is 0.611. The molecule has 0 N–H and O–H groups in total. The summed E-state index contributed by atoms with van der Waals surface area (Å²) in [7, 11) is -1.09. The second-order valence-electron chi connectivity index (χ2n) is 7.97. The summed E-state index contributed by atoms with van der Waals surface area (Å²) >= 11 is 12.5. The van der Waals surface area contributed by atoms with Gasteiger partial charge >= 0.3 is 0 Å². The van der Waals surface area contributed by atoms with Crippen LogP contribution in [0.4, 0.5) is 0 Å². The Hall–Kier alpha value is -1.40. The van der Waals surface area contributed by atoms with Gasteiger partial charge in [0, 0.05) is 40.5 Å². The third-order valence-electron chi connectivity index (χ3n) is 6.10. The largest absolute Gasteiger partial charge is 0.381 e. The number of carbonyl (C=O) groups is 1. The number of rotatable bonds is 5. The number of hydrogen-bond donors (Lipinski definition) is 0. The Bertz CT molecular complexity index is 955. The Morgan fingerprint density at radius 3 is 2.50 bits per heavy atom. The summed E-state index contributed by atoms with van der Waals surface area (Å²) in [6, 6.07) is 11.1. The van der Waals surface area contributed by atoms with E-state index in [1.54, 1.807) is 18.2 Å². The Balaban J connectivity index is 1.52. The van der Waals surface area contributed by atoms with Crippen molar-refractivity contribution < 1.29 is 13.7 Å². The highest BCUT2D eigenvalue weighted by molar-refractivity contribution is 7.85. The smallest absolute Gasteiger partial charge is 0.227 e. The fourth-order valence-electron chi connectivity index (χ4n) is 4.31. The van der Waals surface area contributed by atoms with Crippen LogP contribution in [0, 0.1) is 5.92 Å². The van der Waals surface area contributed by atoms with E-state index in [1.807, 2.05) is 30.0 Å². The standard InChI is InChI=1S/C23H25Cl2NO3S/c1-15-17-4-2-7-22(30(28)14-16-8-10-29-11-9-16)19(17)13-26(15)23(27)12-18-20(24)5-3-6-21(18)25/h2-7,15-16H,8-14H2,1H3. The number of carbonyl (C=O) groups excluding carboxylic acids is 1. The first kappa shape index (κ1) is 21.8. The monoisotopic (exact) mass is 465 g/mol. The third-order valence-corrected chi connectivity index (χ3v) is 8.45. The van der Waals surface area contributed by atoms with Crippen LogP contribution in [0.3, 0.4) is 0 Å². The molecule has 30 heavy (non-hydrogen) atoms. The molecule has 2 aliphatic heterocycles. The Kier molecular flexibility index (Phi) is 6.83. The molecular weight excluding hydrogens is 441 g/mol. The number of nitrogens with zero attached hydrogens (tertiary/aromatic N) is 1. The fraction of sp³-hybridized carbons (Fsp3) is 0.435. The highest BCUT2D eigenvalue weighted by atomic mass is 35.5. The zero-order valence-corrected chi connectivity index (χ0v) is 19.2. The van der Waals surface area contributed by atoms with Crippen LogP contribution in [0.25, 0.3) is 0 Å². The second-order valence-corrected chi connectivity index (χ2v) is 10.2.